The normalized spacial score (nSPS) is 11.0. The summed E-state index contributed by atoms with van der Waals surface area (Å²) in [6.07, 6.45) is 4.54. The molecule has 15 heavy (non-hydrogen) atoms. The molecule has 3 rings (SSSR count). The summed E-state index contributed by atoms with van der Waals surface area (Å²) in [6, 6.07) is 1.87. The van der Waals surface area contributed by atoms with Gasteiger partial charge in [0.2, 0.25) is 0 Å². The van der Waals surface area contributed by atoms with Crippen molar-refractivity contribution in [3.05, 3.63) is 30.7 Å². The van der Waals surface area contributed by atoms with Crippen molar-refractivity contribution in [1.29, 1.82) is 0 Å². The van der Waals surface area contributed by atoms with E-state index in [-0.39, 0.29) is 0 Å². The third kappa shape index (κ3) is 1.17. The molecule has 7 nitrogen and oxygen atoms in total. The van der Waals surface area contributed by atoms with Gasteiger partial charge in [-0.05, 0) is 6.92 Å². The molecule has 0 aromatic carbocycles. The van der Waals surface area contributed by atoms with E-state index < -0.39 is 0 Å². The third-order valence-corrected chi connectivity index (χ3v) is 2.01. The van der Waals surface area contributed by atoms with Gasteiger partial charge in [-0.25, -0.2) is 14.6 Å². The van der Waals surface area contributed by atoms with Crippen molar-refractivity contribution in [2.45, 2.75) is 6.92 Å². The van der Waals surface area contributed by atoms with Gasteiger partial charge in [-0.2, -0.15) is 19.7 Å². The average Bonchev–Trinajstić information content (AvgIpc) is 2.86. The molecule has 0 fully saturated rings. The van der Waals surface area contributed by atoms with Gasteiger partial charge in [-0.15, -0.1) is 0 Å². The molecule has 0 radical (unpaired) electrons. The number of hydrogen-bond acceptors (Lipinski definition) is 5. The van der Waals surface area contributed by atoms with Crippen LogP contribution in [-0.2, 0) is 0 Å². The zero-order chi connectivity index (χ0) is 10.3. The Kier molecular flexibility index (Phi) is 1.52. The topological polar surface area (TPSA) is 73.8 Å². The molecule has 0 atom stereocenters. The molecule has 3 aromatic heterocycles. The van der Waals surface area contributed by atoms with Crippen molar-refractivity contribution in [2.24, 2.45) is 0 Å². The molecule has 3 aromatic rings. The highest BCUT2D eigenvalue weighted by Gasteiger charge is 2.07. The van der Waals surface area contributed by atoms with Gasteiger partial charge in [0.05, 0.1) is 0 Å². The van der Waals surface area contributed by atoms with Crippen LogP contribution in [-0.4, -0.2) is 34.3 Å². The molecular weight excluding hydrogens is 194 g/mol. The van der Waals surface area contributed by atoms with Gasteiger partial charge >= 0.3 is 0 Å². The van der Waals surface area contributed by atoms with E-state index in [9.17, 15) is 0 Å². The fourth-order valence-corrected chi connectivity index (χ4v) is 1.40. The maximum absolute atomic E-state index is 4.23. The summed E-state index contributed by atoms with van der Waals surface area (Å²) in [4.78, 5) is 12.2. The molecule has 0 aliphatic rings. The van der Waals surface area contributed by atoms with Crippen LogP contribution in [0, 0.1) is 6.92 Å². The van der Waals surface area contributed by atoms with Crippen LogP contribution in [0.1, 0.15) is 5.69 Å². The molecule has 74 valence electrons. The molecule has 0 unspecified atom stereocenters. The largest absolute Gasteiger partial charge is 0.254 e. The van der Waals surface area contributed by atoms with E-state index >= 15 is 0 Å². The smallest absolute Gasteiger partial charge is 0.223 e. The molecule has 0 bridgehead atoms. The Morgan fingerprint density at radius 1 is 1.20 bits per heavy atom. The van der Waals surface area contributed by atoms with Gasteiger partial charge in [0.1, 0.15) is 19.0 Å². The Labute approximate surface area is 84.4 Å². The second-order valence-corrected chi connectivity index (χ2v) is 3.07. The Morgan fingerprint density at radius 2 is 2.13 bits per heavy atom. The number of rotatable bonds is 1. The van der Waals surface area contributed by atoms with Gasteiger partial charge in [0, 0.05) is 11.8 Å². The first-order valence-corrected chi connectivity index (χ1v) is 4.37. The zero-order valence-electron chi connectivity index (χ0n) is 7.94. The van der Waals surface area contributed by atoms with Gasteiger partial charge in [-0.1, -0.05) is 0 Å². The number of hydrogen-bond donors (Lipinski definition) is 0. The molecule has 3 heterocycles. The first-order valence-electron chi connectivity index (χ1n) is 4.37. The highest BCUT2D eigenvalue weighted by molar-refractivity contribution is 5.36. The van der Waals surface area contributed by atoms with Crippen molar-refractivity contribution < 1.29 is 0 Å². The van der Waals surface area contributed by atoms with E-state index in [0.717, 1.165) is 11.5 Å². The van der Waals surface area contributed by atoms with Crippen LogP contribution in [0.3, 0.4) is 0 Å². The highest BCUT2D eigenvalue weighted by atomic mass is 15.4. The number of fused-ring (bicyclic) bond motifs is 1. The van der Waals surface area contributed by atoms with E-state index in [1.165, 1.54) is 12.7 Å². The SMILES string of the molecule is Cc1cc(-n2cncn2)n2ncnc2n1. The Bertz CT molecular complexity index is 595. The Balaban J connectivity index is 2.38. The van der Waals surface area contributed by atoms with E-state index in [4.69, 9.17) is 0 Å². The summed E-state index contributed by atoms with van der Waals surface area (Å²) in [5, 5.41) is 8.12. The van der Waals surface area contributed by atoms with E-state index in [1.54, 1.807) is 15.5 Å². The lowest BCUT2D eigenvalue weighted by Crippen LogP contribution is -2.06. The summed E-state index contributed by atoms with van der Waals surface area (Å²) in [5.41, 5.74) is 0.862. The van der Waals surface area contributed by atoms with Crippen LogP contribution in [0.4, 0.5) is 0 Å². The van der Waals surface area contributed by atoms with Gasteiger partial charge < -0.3 is 0 Å². The van der Waals surface area contributed by atoms with Gasteiger partial charge in [0.15, 0.2) is 5.82 Å². The lowest BCUT2D eigenvalue weighted by atomic mass is 10.4. The maximum atomic E-state index is 4.23. The van der Waals surface area contributed by atoms with Crippen LogP contribution >= 0.6 is 0 Å². The minimum absolute atomic E-state index is 0.556. The summed E-state index contributed by atoms with van der Waals surface area (Å²) in [7, 11) is 0. The minimum atomic E-state index is 0.556. The molecule has 0 N–H and O–H groups in total. The van der Waals surface area contributed by atoms with Crippen molar-refractivity contribution in [1.82, 2.24) is 34.3 Å². The van der Waals surface area contributed by atoms with E-state index in [1.807, 2.05) is 13.0 Å². The summed E-state index contributed by atoms with van der Waals surface area (Å²) in [6.45, 7) is 1.90. The number of nitrogens with zero attached hydrogens (tertiary/aromatic N) is 7. The summed E-state index contributed by atoms with van der Waals surface area (Å²) < 4.78 is 3.23. The van der Waals surface area contributed by atoms with Crippen molar-refractivity contribution in [2.75, 3.05) is 0 Å². The molecule has 0 spiro atoms. The molecule has 0 aliphatic carbocycles. The van der Waals surface area contributed by atoms with Crippen molar-refractivity contribution in [3.8, 4) is 5.82 Å². The molecule has 7 heteroatoms. The van der Waals surface area contributed by atoms with Crippen LogP contribution in [0.25, 0.3) is 11.6 Å². The predicted molar refractivity (Wildman–Crippen MR) is 50.4 cm³/mol. The minimum Gasteiger partial charge on any atom is -0.223 e. The molecule has 0 amide bonds. The first kappa shape index (κ1) is 8.04. The average molecular weight is 201 g/mol. The maximum Gasteiger partial charge on any atom is 0.254 e. The van der Waals surface area contributed by atoms with Crippen molar-refractivity contribution >= 4 is 5.78 Å². The highest BCUT2D eigenvalue weighted by Crippen LogP contribution is 2.07. The summed E-state index contributed by atoms with van der Waals surface area (Å²) in [5.74, 6) is 1.33. The Hall–Kier alpha value is -2.31. The van der Waals surface area contributed by atoms with Crippen LogP contribution in [0.2, 0.25) is 0 Å². The third-order valence-electron chi connectivity index (χ3n) is 2.01. The van der Waals surface area contributed by atoms with E-state index in [2.05, 4.69) is 25.1 Å². The molecule has 0 saturated heterocycles. The standard InChI is InChI=1S/C8H7N7/c1-6-2-7(14-5-9-3-11-14)15-8(13-6)10-4-12-15/h2-5H,1H3. The molecule has 0 saturated carbocycles. The fraction of sp³-hybridized carbons (Fsp3) is 0.125. The first-order chi connectivity index (χ1) is 7.34. The van der Waals surface area contributed by atoms with Crippen LogP contribution in [0.5, 0.6) is 0 Å². The van der Waals surface area contributed by atoms with E-state index in [0.29, 0.717) is 5.78 Å². The second kappa shape index (κ2) is 2.84. The lowest BCUT2D eigenvalue weighted by Gasteiger charge is -2.03. The van der Waals surface area contributed by atoms with Crippen LogP contribution in [0.15, 0.2) is 25.0 Å². The van der Waals surface area contributed by atoms with Crippen LogP contribution < -0.4 is 0 Å². The summed E-state index contributed by atoms with van der Waals surface area (Å²) >= 11 is 0. The number of aromatic nitrogens is 7. The quantitative estimate of drug-likeness (QED) is 0.554. The lowest BCUT2D eigenvalue weighted by molar-refractivity contribution is 0.776. The van der Waals surface area contributed by atoms with Gasteiger partial charge in [0.25, 0.3) is 5.78 Å². The Morgan fingerprint density at radius 3 is 2.93 bits per heavy atom. The second-order valence-electron chi connectivity index (χ2n) is 3.07. The fourth-order valence-electron chi connectivity index (χ4n) is 1.40. The van der Waals surface area contributed by atoms with Gasteiger partial charge in [-0.3, -0.25) is 0 Å². The van der Waals surface area contributed by atoms with Crippen molar-refractivity contribution in [3.63, 3.8) is 0 Å². The zero-order valence-corrected chi connectivity index (χ0v) is 7.94. The number of aryl methyl sites for hydroxylation is 1. The molecular formula is C8H7N7. The predicted octanol–water partition coefficient (Wildman–Crippen LogP) is 0.0134. The monoisotopic (exact) mass is 201 g/mol. The molecule has 0 aliphatic heterocycles.